The number of sulfone groups is 2. The molecule has 2 aromatic heterocycles. The second-order valence-electron chi connectivity index (χ2n) is 14.0. The number of ether oxygens (including phenoxy) is 2. The van der Waals surface area contributed by atoms with Crippen LogP contribution in [-0.2, 0) is 66.2 Å². The zero-order chi connectivity index (χ0) is 48.1. The molecule has 2 aliphatic heterocycles. The summed E-state index contributed by atoms with van der Waals surface area (Å²) in [4.78, 5) is 61.4. The van der Waals surface area contributed by atoms with E-state index < -0.39 is 43.8 Å². The molecule has 0 saturated carbocycles. The van der Waals surface area contributed by atoms with Gasteiger partial charge in [0, 0.05) is 90.8 Å². The molecule has 0 amide bonds. The number of aromatic nitrogens is 4. The number of carbonyl (C=O) groups excluding carboxylic acids is 3. The number of rotatable bonds is 14. The van der Waals surface area contributed by atoms with Crippen molar-refractivity contribution in [1.82, 2.24) is 19.9 Å². The van der Waals surface area contributed by atoms with Crippen molar-refractivity contribution in [3.8, 4) is 0 Å². The van der Waals surface area contributed by atoms with Crippen LogP contribution < -0.4 is 0 Å². The minimum atomic E-state index is -3.50. The zero-order valence-corrected chi connectivity index (χ0v) is 42.5. The lowest BCUT2D eigenvalue weighted by Crippen LogP contribution is -2.10. The van der Waals surface area contributed by atoms with Gasteiger partial charge in [-0.2, -0.15) is 11.8 Å². The second-order valence-corrected chi connectivity index (χ2v) is 21.4. The van der Waals surface area contributed by atoms with Gasteiger partial charge in [0.05, 0.1) is 56.4 Å². The number of benzene rings is 2. The molecule has 24 heteroatoms. The molecule has 2 atom stereocenters. The molecule has 0 spiro atoms. The quantitative estimate of drug-likeness (QED) is 0.0850. The molecule has 4 heterocycles. The van der Waals surface area contributed by atoms with Crippen molar-refractivity contribution >= 4 is 111 Å². The van der Waals surface area contributed by atoms with Gasteiger partial charge in [0.1, 0.15) is 0 Å². The molecule has 0 N–H and O–H groups in total. The smallest absolute Gasteiger partial charge is 0.358 e. The van der Waals surface area contributed by atoms with E-state index in [4.69, 9.17) is 42.4 Å². The van der Waals surface area contributed by atoms with Crippen LogP contribution in [0.3, 0.4) is 0 Å². The van der Waals surface area contributed by atoms with Gasteiger partial charge in [0.25, 0.3) is 0 Å². The highest BCUT2D eigenvalue weighted by Crippen LogP contribution is 2.41. The first-order chi connectivity index (χ1) is 30.7. The van der Waals surface area contributed by atoms with Gasteiger partial charge in [-0.15, -0.1) is 0 Å². The van der Waals surface area contributed by atoms with Crippen molar-refractivity contribution in [1.29, 1.82) is 0 Å². The predicted octanol–water partition coefficient (Wildman–Crippen LogP) is 8.50. The highest BCUT2D eigenvalue weighted by molar-refractivity contribution is 9.08. The fourth-order valence-electron chi connectivity index (χ4n) is 6.02. The Balaban J connectivity index is 0.000000231. The van der Waals surface area contributed by atoms with Crippen molar-refractivity contribution in [2.75, 3.05) is 26.2 Å². The van der Waals surface area contributed by atoms with Gasteiger partial charge in [-0.1, -0.05) is 73.3 Å². The van der Waals surface area contributed by atoms with Gasteiger partial charge in [0.15, 0.2) is 48.4 Å². The number of esters is 2. The van der Waals surface area contributed by atoms with Crippen LogP contribution in [0.1, 0.15) is 107 Å². The van der Waals surface area contributed by atoms with Crippen molar-refractivity contribution in [2.24, 2.45) is 10.3 Å². The lowest BCUT2D eigenvalue weighted by molar-refractivity contribution is -0.109. The molecule has 0 aliphatic carbocycles. The monoisotopic (exact) mass is 1070 g/mol. The van der Waals surface area contributed by atoms with E-state index in [2.05, 4.69) is 46.2 Å². The van der Waals surface area contributed by atoms with Crippen LogP contribution in [0, 0.1) is 0 Å². The van der Waals surface area contributed by atoms with E-state index in [9.17, 15) is 31.2 Å². The molecule has 2 aliphatic rings. The Morgan fingerprint density at radius 1 is 0.738 bits per heavy atom. The van der Waals surface area contributed by atoms with Crippen LogP contribution in [0.25, 0.3) is 0 Å². The van der Waals surface area contributed by atoms with E-state index in [0.29, 0.717) is 80.2 Å². The number of alkyl halides is 1. The maximum absolute atomic E-state index is 12.3. The van der Waals surface area contributed by atoms with Crippen LogP contribution in [-0.4, -0.2) is 91.5 Å². The number of oxime groups is 2. The summed E-state index contributed by atoms with van der Waals surface area (Å²) in [7, 11) is -5.66. The number of thioether (sulfide) groups is 2. The average Bonchev–Trinajstić information content (AvgIpc) is 3.90. The molecule has 0 bridgehead atoms. The Morgan fingerprint density at radius 3 is 1.62 bits per heavy atom. The predicted molar refractivity (Wildman–Crippen MR) is 253 cm³/mol. The van der Waals surface area contributed by atoms with Gasteiger partial charge in [-0.05, 0) is 44.0 Å². The summed E-state index contributed by atoms with van der Waals surface area (Å²) < 4.78 is 58.1. The molecule has 4 aromatic rings. The normalized spacial score (nSPS) is 15.5. The van der Waals surface area contributed by atoms with Crippen molar-refractivity contribution in [2.45, 2.75) is 85.1 Å². The minimum Gasteiger partial charge on any atom is -0.464 e. The van der Waals surface area contributed by atoms with Crippen LogP contribution >= 0.6 is 62.7 Å². The van der Waals surface area contributed by atoms with E-state index in [1.807, 2.05) is 13.8 Å². The zero-order valence-electron chi connectivity index (χ0n) is 36.2. The number of halogens is 3. The van der Waals surface area contributed by atoms with Gasteiger partial charge >= 0.3 is 11.9 Å². The molecule has 6 rings (SSSR count). The van der Waals surface area contributed by atoms with E-state index >= 15 is 0 Å². The lowest BCUT2D eigenvalue weighted by atomic mass is 10.0. The van der Waals surface area contributed by atoms with Gasteiger partial charge < -0.3 is 19.1 Å². The molecule has 17 nitrogen and oxygen atoms in total. The summed E-state index contributed by atoms with van der Waals surface area (Å²) >= 11 is 18.8. The standard InChI is InChI=1S/C19H20ClN3O5S2.C14H16ClNO4S2.C8H9BrN2O2/c1-11-8-14(28-23-11)16-15(30(3,25)26)5-4-12(17(16)20)9-29-10-13-18(19(24)27-2)22-7-6-21-13;1-8-6-11(20-16-8)13-12(22(3,18)19)5-4-10(14(13)15)7-21-9(2)17;1-2-13-8(12)7-6(5-9)10-3-4-11-7/h4-7,14H,8-10H2,1-3H3;4-5,11H,6-7H2,1-3H3;3-4H,2,5H2,1H3. The molecule has 0 radical (unpaired) electrons. The summed E-state index contributed by atoms with van der Waals surface area (Å²) in [6.45, 7) is 7.19. The minimum absolute atomic E-state index is 0.0268. The maximum Gasteiger partial charge on any atom is 0.358 e. The van der Waals surface area contributed by atoms with E-state index in [1.54, 1.807) is 31.3 Å². The molecule has 2 aromatic carbocycles. The molecule has 350 valence electrons. The molecule has 0 fully saturated rings. The Kier molecular flexibility index (Phi) is 20.2. The Morgan fingerprint density at radius 2 is 1.20 bits per heavy atom. The van der Waals surface area contributed by atoms with E-state index in [1.165, 1.54) is 50.5 Å². The van der Waals surface area contributed by atoms with Crippen molar-refractivity contribution in [3.05, 3.63) is 104 Å². The fourth-order valence-corrected chi connectivity index (χ4v) is 10.9. The highest BCUT2D eigenvalue weighted by Gasteiger charge is 2.32. The first-order valence-corrected chi connectivity index (χ1v) is 27.0. The second kappa shape index (κ2) is 24.5. The number of carbonyl (C=O) groups is 3. The average molecular weight is 1080 g/mol. The highest BCUT2D eigenvalue weighted by atomic mass is 79.9. The van der Waals surface area contributed by atoms with Gasteiger partial charge in [-0.25, -0.2) is 36.4 Å². The summed E-state index contributed by atoms with van der Waals surface area (Å²) in [5, 5.41) is 8.92. The third kappa shape index (κ3) is 14.9. The van der Waals surface area contributed by atoms with Gasteiger partial charge in [-0.3, -0.25) is 14.8 Å². The summed E-state index contributed by atoms with van der Waals surface area (Å²) in [5.74, 6) is 0.285. The molecular formula is C41H45BrCl2N6O11S4. The molecular weight excluding hydrogens is 1030 g/mol. The SMILES string of the molecule is CC(=O)SCc1ccc(S(C)(=O)=O)c(C2CC(C)=NO2)c1Cl.CCOC(=O)c1nccnc1CBr.COC(=O)c1nccnc1CSCc1ccc(S(C)(=O)=O)c(C2CC(C)=NO2)c1Cl. The topological polar surface area (TPSA) is 233 Å². The lowest BCUT2D eigenvalue weighted by Gasteiger charge is -2.17. The van der Waals surface area contributed by atoms with Crippen LogP contribution in [0.2, 0.25) is 10.0 Å². The van der Waals surface area contributed by atoms with Crippen molar-refractivity contribution in [3.63, 3.8) is 0 Å². The third-order valence-electron chi connectivity index (χ3n) is 8.96. The summed E-state index contributed by atoms with van der Waals surface area (Å²) in [6.07, 6.45) is 8.13. The summed E-state index contributed by atoms with van der Waals surface area (Å²) in [5.41, 5.74) is 5.40. The van der Waals surface area contributed by atoms with E-state index in [0.717, 1.165) is 41.3 Å². The molecule has 65 heavy (non-hydrogen) atoms. The van der Waals surface area contributed by atoms with E-state index in [-0.39, 0.29) is 26.3 Å². The summed E-state index contributed by atoms with van der Waals surface area (Å²) in [6, 6.07) is 6.39. The number of nitrogens with zero attached hydrogens (tertiary/aromatic N) is 6. The maximum atomic E-state index is 12.3. The largest absolute Gasteiger partial charge is 0.464 e. The third-order valence-corrected chi connectivity index (χ3v) is 14.6. The fraction of sp³-hybridized carbons (Fsp3) is 0.390. The molecule has 0 saturated heterocycles. The number of methoxy groups -OCH3 is 1. The van der Waals surface area contributed by atoms with Crippen LogP contribution in [0.15, 0.2) is 69.2 Å². The first-order valence-electron chi connectivity index (χ1n) is 19.2. The Hall–Kier alpha value is -4.19. The Labute approximate surface area is 404 Å². The Bertz CT molecular complexity index is 2690. The number of hydrogen-bond acceptors (Lipinski definition) is 19. The van der Waals surface area contributed by atoms with Crippen molar-refractivity contribution < 1.29 is 50.4 Å². The number of hydrogen-bond donors (Lipinski definition) is 0. The first kappa shape index (κ1) is 53.4. The van der Waals surface area contributed by atoms with Gasteiger partial charge in [0.2, 0.25) is 0 Å². The molecule has 2 unspecified atom stereocenters. The van der Waals surface area contributed by atoms with Crippen LogP contribution in [0.5, 0.6) is 0 Å². The van der Waals surface area contributed by atoms with Crippen LogP contribution in [0.4, 0.5) is 0 Å².